The minimum absolute atomic E-state index is 0.105. The number of phosphoric ester groups is 2. The largest absolute Gasteiger partial charge is 0.472 e. The summed E-state index contributed by atoms with van der Waals surface area (Å²) in [5.41, 5.74) is 0. The van der Waals surface area contributed by atoms with Gasteiger partial charge in [-0.05, 0) is 49.4 Å². The van der Waals surface area contributed by atoms with E-state index >= 15 is 0 Å². The zero-order valence-corrected chi connectivity index (χ0v) is 65.5. The molecule has 0 amide bonds. The molecule has 0 saturated heterocycles. The maximum atomic E-state index is 13.1. The SMILES string of the molecule is CCC(C)CCCCCCCCCCC(=O)OC[C@H](COP(=O)(O)OC[C@H](O)COP(=O)(O)OC[C@@H](COC(=O)CCCCCCCCCCCCCCC(C)C)OC(=O)CCCCCCCCCCCCCCCCC(C)C)OC(=O)CCCCCCCCCCCCC(C)C. The van der Waals surface area contributed by atoms with Gasteiger partial charge in [0.2, 0.25) is 0 Å². The van der Waals surface area contributed by atoms with E-state index in [1.54, 1.807) is 0 Å². The van der Waals surface area contributed by atoms with Crippen LogP contribution in [0.1, 0.15) is 396 Å². The van der Waals surface area contributed by atoms with Crippen molar-refractivity contribution in [3.63, 3.8) is 0 Å². The Hall–Kier alpha value is -1.94. The molecule has 0 aliphatic rings. The normalized spacial score (nSPS) is 14.4. The van der Waals surface area contributed by atoms with Crippen LogP contribution in [0.4, 0.5) is 0 Å². The van der Waals surface area contributed by atoms with E-state index in [-0.39, 0.29) is 25.7 Å². The van der Waals surface area contributed by atoms with E-state index in [1.807, 2.05) is 0 Å². The van der Waals surface area contributed by atoms with Crippen LogP contribution < -0.4 is 0 Å². The van der Waals surface area contributed by atoms with Crippen LogP contribution in [0.15, 0.2) is 0 Å². The second kappa shape index (κ2) is 67.2. The lowest BCUT2D eigenvalue weighted by molar-refractivity contribution is -0.161. The van der Waals surface area contributed by atoms with Crippen LogP contribution in [-0.4, -0.2) is 96.7 Å². The van der Waals surface area contributed by atoms with Crippen LogP contribution in [0.2, 0.25) is 0 Å². The van der Waals surface area contributed by atoms with Gasteiger partial charge in [-0.3, -0.25) is 37.3 Å². The van der Waals surface area contributed by atoms with Gasteiger partial charge in [-0.2, -0.15) is 0 Å². The molecule has 0 aliphatic heterocycles. The third-order valence-corrected chi connectivity index (χ3v) is 20.3. The van der Waals surface area contributed by atoms with Crippen molar-refractivity contribution in [2.24, 2.45) is 23.7 Å². The van der Waals surface area contributed by atoms with Crippen LogP contribution >= 0.6 is 15.6 Å². The Kier molecular flexibility index (Phi) is 65.9. The second-order valence-corrected chi connectivity index (χ2v) is 32.7. The first kappa shape index (κ1) is 95.1. The molecule has 0 aromatic rings. The number of aliphatic hydroxyl groups is 1. The molecule has 0 rings (SSSR count). The van der Waals surface area contributed by atoms with Crippen molar-refractivity contribution in [3.8, 4) is 0 Å². The van der Waals surface area contributed by atoms with Gasteiger partial charge in [0, 0.05) is 25.7 Å². The van der Waals surface area contributed by atoms with E-state index in [2.05, 4.69) is 55.4 Å². The van der Waals surface area contributed by atoms with Gasteiger partial charge in [-0.25, -0.2) is 9.13 Å². The zero-order valence-electron chi connectivity index (χ0n) is 63.7. The quantitative estimate of drug-likeness (QED) is 0.0222. The Morgan fingerprint density at radius 2 is 0.495 bits per heavy atom. The molecule has 0 saturated carbocycles. The number of rotatable bonds is 75. The summed E-state index contributed by atoms with van der Waals surface area (Å²) in [6.45, 7) is 14.2. The molecule has 17 nitrogen and oxygen atoms in total. The van der Waals surface area contributed by atoms with Crippen LogP contribution in [0, 0.1) is 23.7 Å². The van der Waals surface area contributed by atoms with Crippen molar-refractivity contribution in [2.45, 2.75) is 414 Å². The molecule has 3 unspecified atom stereocenters. The second-order valence-electron chi connectivity index (χ2n) is 29.8. The number of hydrogen-bond donors (Lipinski definition) is 3. The number of hydrogen-bond acceptors (Lipinski definition) is 15. The van der Waals surface area contributed by atoms with E-state index in [0.717, 1.165) is 114 Å². The van der Waals surface area contributed by atoms with Gasteiger partial charge < -0.3 is 33.8 Å². The molecule has 0 heterocycles. The molecule has 0 aromatic carbocycles. The maximum Gasteiger partial charge on any atom is 0.472 e. The van der Waals surface area contributed by atoms with Crippen LogP contribution in [-0.2, 0) is 65.4 Å². The standard InChI is InChI=1S/C78H152O17P2/c1-9-71(8)57-49-41-33-28-29-35-43-51-59-76(81)89-65-74(95-78(83)61-53-45-37-27-21-20-24-32-40-48-56-70(6)7)67-93-97(86,87)91-63-72(79)62-90-96(84,85)92-66-73(64-88-75(80)58-50-42-34-25-18-15-14-17-23-31-39-47-55-69(4)5)94-77(82)60-52-44-36-26-19-13-11-10-12-16-22-30-38-46-54-68(2)3/h68-74,79H,9-67H2,1-8H3,(H,84,85)(H,86,87)/t71?,72-,73-,74-/m1/s1. The van der Waals surface area contributed by atoms with Crippen molar-refractivity contribution in [1.29, 1.82) is 0 Å². The van der Waals surface area contributed by atoms with E-state index in [9.17, 15) is 43.2 Å². The monoisotopic (exact) mass is 1420 g/mol. The molecule has 0 aliphatic carbocycles. The third-order valence-electron chi connectivity index (χ3n) is 18.4. The summed E-state index contributed by atoms with van der Waals surface area (Å²) in [6.07, 6.45) is 52.6. The summed E-state index contributed by atoms with van der Waals surface area (Å²) in [6, 6.07) is 0. The zero-order chi connectivity index (χ0) is 71.7. The highest BCUT2D eigenvalue weighted by Gasteiger charge is 2.30. The minimum Gasteiger partial charge on any atom is -0.462 e. The van der Waals surface area contributed by atoms with Gasteiger partial charge >= 0.3 is 39.5 Å². The summed E-state index contributed by atoms with van der Waals surface area (Å²) in [5.74, 6) is 0.989. The van der Waals surface area contributed by atoms with Gasteiger partial charge in [0.25, 0.3) is 0 Å². The molecule has 6 atom stereocenters. The Bertz CT molecular complexity index is 1900. The van der Waals surface area contributed by atoms with Gasteiger partial charge in [0.05, 0.1) is 26.4 Å². The predicted octanol–water partition coefficient (Wildman–Crippen LogP) is 22.8. The molecule has 97 heavy (non-hydrogen) atoms. The highest BCUT2D eigenvalue weighted by Crippen LogP contribution is 2.45. The number of esters is 4. The molecule has 0 spiro atoms. The number of carbonyl (C=O) groups excluding carboxylic acids is 4. The molecule has 576 valence electrons. The fourth-order valence-electron chi connectivity index (χ4n) is 11.9. The van der Waals surface area contributed by atoms with Gasteiger partial charge in [-0.1, -0.05) is 344 Å². The summed E-state index contributed by atoms with van der Waals surface area (Å²) in [7, 11) is -9.92. The highest BCUT2D eigenvalue weighted by atomic mass is 31.2. The van der Waals surface area contributed by atoms with E-state index in [1.165, 1.54) is 199 Å². The number of ether oxygens (including phenoxy) is 4. The van der Waals surface area contributed by atoms with Crippen LogP contribution in [0.3, 0.4) is 0 Å². The maximum absolute atomic E-state index is 13.1. The molecule has 0 bridgehead atoms. The number of aliphatic hydroxyl groups excluding tert-OH is 1. The lowest BCUT2D eigenvalue weighted by Crippen LogP contribution is -2.30. The first-order valence-electron chi connectivity index (χ1n) is 40.2. The van der Waals surface area contributed by atoms with Crippen molar-refractivity contribution < 1.29 is 80.2 Å². The number of phosphoric acid groups is 2. The molecule has 0 fully saturated rings. The minimum atomic E-state index is -4.96. The van der Waals surface area contributed by atoms with E-state index in [4.69, 9.17) is 37.0 Å². The Morgan fingerprint density at radius 3 is 0.732 bits per heavy atom. The fraction of sp³-hybridized carbons (Fsp3) is 0.949. The average Bonchev–Trinajstić information content (AvgIpc) is 1.58. The number of carbonyl (C=O) groups is 4. The molecule has 19 heteroatoms. The molecular weight excluding hydrogens is 1270 g/mol. The molecule has 3 N–H and O–H groups in total. The van der Waals surface area contributed by atoms with Crippen molar-refractivity contribution >= 4 is 39.5 Å². The molecule has 0 radical (unpaired) electrons. The summed E-state index contributed by atoms with van der Waals surface area (Å²) < 4.78 is 68.6. The molecular formula is C78H152O17P2. The third kappa shape index (κ3) is 70.9. The van der Waals surface area contributed by atoms with Crippen molar-refractivity contribution in [2.75, 3.05) is 39.6 Å². The van der Waals surface area contributed by atoms with Crippen LogP contribution in [0.5, 0.6) is 0 Å². The first-order valence-corrected chi connectivity index (χ1v) is 43.2. The van der Waals surface area contributed by atoms with Crippen LogP contribution in [0.25, 0.3) is 0 Å². The predicted molar refractivity (Wildman–Crippen MR) is 395 cm³/mol. The Balaban J connectivity index is 5.27. The summed E-state index contributed by atoms with van der Waals surface area (Å²) in [4.78, 5) is 72.9. The summed E-state index contributed by atoms with van der Waals surface area (Å²) >= 11 is 0. The lowest BCUT2D eigenvalue weighted by atomic mass is 9.99. The summed E-state index contributed by atoms with van der Waals surface area (Å²) in [5, 5.41) is 10.6. The number of unbranched alkanes of at least 4 members (excludes halogenated alkanes) is 40. The highest BCUT2D eigenvalue weighted by molar-refractivity contribution is 7.47. The molecule has 0 aromatic heterocycles. The average molecular weight is 1420 g/mol. The van der Waals surface area contributed by atoms with E-state index in [0.29, 0.717) is 25.7 Å². The Morgan fingerprint density at radius 1 is 0.289 bits per heavy atom. The van der Waals surface area contributed by atoms with Gasteiger partial charge in [0.15, 0.2) is 12.2 Å². The fourth-order valence-corrected chi connectivity index (χ4v) is 13.5. The van der Waals surface area contributed by atoms with Crippen molar-refractivity contribution in [3.05, 3.63) is 0 Å². The topological polar surface area (TPSA) is 237 Å². The van der Waals surface area contributed by atoms with Gasteiger partial charge in [0.1, 0.15) is 19.3 Å². The van der Waals surface area contributed by atoms with Crippen molar-refractivity contribution in [1.82, 2.24) is 0 Å². The Labute approximate surface area is 594 Å². The first-order chi connectivity index (χ1) is 46.6. The smallest absolute Gasteiger partial charge is 0.462 e. The van der Waals surface area contributed by atoms with E-state index < -0.39 is 97.5 Å². The van der Waals surface area contributed by atoms with Gasteiger partial charge in [-0.15, -0.1) is 0 Å². The lowest BCUT2D eigenvalue weighted by Gasteiger charge is -2.21.